The second-order valence-electron chi connectivity index (χ2n) is 3.91. The van der Waals surface area contributed by atoms with E-state index < -0.39 is 0 Å². The topological polar surface area (TPSA) is 81.5 Å². The minimum atomic E-state index is -0.252. The number of nitrogen functional groups attached to an aromatic ring is 2. The Labute approximate surface area is 98.9 Å². The van der Waals surface area contributed by atoms with Gasteiger partial charge in [-0.05, 0) is 30.0 Å². The van der Waals surface area contributed by atoms with Crippen LogP contribution in [0.5, 0.6) is 0 Å². The molecular weight excluding hydrogens is 214 g/mol. The molecule has 2 aromatic rings. The molecule has 86 valence electrons. The number of nitrogens with zero attached hydrogens (tertiary/aromatic N) is 1. The minimum Gasteiger partial charge on any atom is -0.398 e. The molecule has 0 fully saturated rings. The van der Waals surface area contributed by atoms with Gasteiger partial charge in [0.2, 0.25) is 6.08 Å². The van der Waals surface area contributed by atoms with Gasteiger partial charge in [-0.25, -0.2) is 4.79 Å². The predicted molar refractivity (Wildman–Crippen MR) is 69.3 cm³/mol. The first-order valence-corrected chi connectivity index (χ1v) is 5.28. The highest BCUT2D eigenvalue weighted by atomic mass is 16.1. The summed E-state index contributed by atoms with van der Waals surface area (Å²) >= 11 is 0. The average molecular weight is 227 g/mol. The molecule has 0 spiro atoms. The highest BCUT2D eigenvalue weighted by Crippen LogP contribution is 2.33. The SMILES string of the molecule is CC(N=C=O)c1ccc(N)c2c(N)cccc12. The summed E-state index contributed by atoms with van der Waals surface area (Å²) in [6.07, 6.45) is 1.57. The highest BCUT2D eigenvalue weighted by Gasteiger charge is 2.11. The van der Waals surface area contributed by atoms with Crippen LogP contribution in [-0.4, -0.2) is 6.08 Å². The van der Waals surface area contributed by atoms with Crippen LogP contribution in [-0.2, 0) is 4.79 Å². The normalized spacial score (nSPS) is 12.1. The monoisotopic (exact) mass is 227 g/mol. The third kappa shape index (κ3) is 1.86. The van der Waals surface area contributed by atoms with Crippen LogP contribution in [0, 0.1) is 0 Å². The fraction of sp³-hybridized carbons (Fsp3) is 0.154. The molecule has 0 bridgehead atoms. The molecule has 4 N–H and O–H groups in total. The van der Waals surface area contributed by atoms with Gasteiger partial charge in [0, 0.05) is 16.8 Å². The van der Waals surface area contributed by atoms with Gasteiger partial charge in [-0.1, -0.05) is 18.2 Å². The summed E-state index contributed by atoms with van der Waals surface area (Å²) in [5, 5.41) is 1.74. The summed E-state index contributed by atoms with van der Waals surface area (Å²) in [7, 11) is 0. The lowest BCUT2D eigenvalue weighted by Crippen LogP contribution is -1.97. The molecule has 17 heavy (non-hydrogen) atoms. The number of benzene rings is 2. The third-order valence-corrected chi connectivity index (χ3v) is 2.84. The van der Waals surface area contributed by atoms with Gasteiger partial charge in [0.1, 0.15) is 0 Å². The summed E-state index contributed by atoms with van der Waals surface area (Å²) in [5.41, 5.74) is 14.0. The van der Waals surface area contributed by atoms with Crippen molar-refractivity contribution in [3.8, 4) is 0 Å². The van der Waals surface area contributed by atoms with E-state index in [1.807, 2.05) is 25.1 Å². The quantitative estimate of drug-likeness (QED) is 0.469. The molecule has 0 amide bonds. The second-order valence-corrected chi connectivity index (χ2v) is 3.91. The number of fused-ring (bicyclic) bond motifs is 1. The van der Waals surface area contributed by atoms with Crippen molar-refractivity contribution in [3.05, 3.63) is 35.9 Å². The van der Waals surface area contributed by atoms with Gasteiger partial charge >= 0.3 is 0 Å². The number of hydrogen-bond donors (Lipinski definition) is 2. The smallest absolute Gasteiger partial charge is 0.235 e. The molecule has 0 aliphatic carbocycles. The van der Waals surface area contributed by atoms with Crippen molar-refractivity contribution in [1.82, 2.24) is 0 Å². The summed E-state index contributed by atoms with van der Waals surface area (Å²) in [4.78, 5) is 14.0. The summed E-state index contributed by atoms with van der Waals surface area (Å²) in [6.45, 7) is 1.83. The molecule has 0 heterocycles. The van der Waals surface area contributed by atoms with E-state index in [2.05, 4.69) is 4.99 Å². The first-order valence-electron chi connectivity index (χ1n) is 5.28. The highest BCUT2D eigenvalue weighted by molar-refractivity contribution is 6.03. The van der Waals surface area contributed by atoms with Crippen LogP contribution in [0.15, 0.2) is 35.3 Å². The third-order valence-electron chi connectivity index (χ3n) is 2.84. The van der Waals surface area contributed by atoms with Crippen molar-refractivity contribution in [2.75, 3.05) is 11.5 Å². The van der Waals surface area contributed by atoms with E-state index in [1.54, 1.807) is 18.2 Å². The Morgan fingerprint density at radius 1 is 1.18 bits per heavy atom. The number of isocyanates is 1. The minimum absolute atomic E-state index is 0.252. The molecule has 0 aromatic heterocycles. The summed E-state index contributed by atoms with van der Waals surface area (Å²) in [5.74, 6) is 0. The number of aliphatic imine (C=N–C) groups is 1. The van der Waals surface area contributed by atoms with Crippen molar-refractivity contribution in [2.45, 2.75) is 13.0 Å². The lowest BCUT2D eigenvalue weighted by atomic mass is 9.98. The Hall–Kier alpha value is -2.32. The van der Waals surface area contributed by atoms with Gasteiger partial charge in [-0.2, -0.15) is 4.99 Å². The van der Waals surface area contributed by atoms with Gasteiger partial charge in [-0.3, -0.25) is 0 Å². The zero-order valence-electron chi connectivity index (χ0n) is 9.47. The lowest BCUT2D eigenvalue weighted by molar-refractivity contribution is 0.559. The molecular formula is C13H13N3O. The number of anilines is 2. The molecule has 0 saturated heterocycles. The predicted octanol–water partition coefficient (Wildman–Crippen LogP) is 2.40. The van der Waals surface area contributed by atoms with Crippen LogP contribution in [0.3, 0.4) is 0 Å². The van der Waals surface area contributed by atoms with Crippen molar-refractivity contribution < 1.29 is 4.79 Å². The number of nitrogens with two attached hydrogens (primary N) is 2. The van der Waals surface area contributed by atoms with Crippen molar-refractivity contribution in [3.63, 3.8) is 0 Å². The van der Waals surface area contributed by atoms with Gasteiger partial charge in [0.05, 0.1) is 6.04 Å². The van der Waals surface area contributed by atoms with Crippen molar-refractivity contribution in [2.24, 2.45) is 4.99 Å². The van der Waals surface area contributed by atoms with Crippen molar-refractivity contribution >= 4 is 28.2 Å². The Morgan fingerprint density at radius 2 is 1.88 bits per heavy atom. The van der Waals surface area contributed by atoms with E-state index in [0.717, 1.165) is 16.3 Å². The van der Waals surface area contributed by atoms with E-state index >= 15 is 0 Å². The van der Waals surface area contributed by atoms with Gasteiger partial charge in [0.25, 0.3) is 0 Å². The summed E-state index contributed by atoms with van der Waals surface area (Å²) < 4.78 is 0. The number of rotatable bonds is 2. The average Bonchev–Trinajstić information content (AvgIpc) is 2.29. The van der Waals surface area contributed by atoms with Crippen LogP contribution < -0.4 is 11.5 Å². The van der Waals surface area contributed by atoms with Gasteiger partial charge in [-0.15, -0.1) is 0 Å². The van der Waals surface area contributed by atoms with Gasteiger partial charge in [0.15, 0.2) is 0 Å². The fourth-order valence-corrected chi connectivity index (χ4v) is 2.00. The molecule has 0 saturated carbocycles. The Kier molecular flexibility index (Phi) is 2.81. The van der Waals surface area contributed by atoms with E-state index in [9.17, 15) is 4.79 Å². The molecule has 0 aliphatic heterocycles. The molecule has 2 rings (SSSR count). The molecule has 4 heteroatoms. The lowest BCUT2D eigenvalue weighted by Gasteiger charge is -2.12. The van der Waals surface area contributed by atoms with E-state index in [1.165, 1.54) is 0 Å². The summed E-state index contributed by atoms with van der Waals surface area (Å²) in [6, 6.07) is 8.98. The first kappa shape index (κ1) is 11.2. The molecule has 4 nitrogen and oxygen atoms in total. The number of hydrogen-bond acceptors (Lipinski definition) is 4. The van der Waals surface area contributed by atoms with Crippen LogP contribution in [0.4, 0.5) is 11.4 Å². The Morgan fingerprint density at radius 3 is 2.59 bits per heavy atom. The molecule has 1 unspecified atom stereocenters. The standard InChI is InChI=1S/C13H13N3O/c1-8(16-7-17)9-5-6-12(15)13-10(9)3-2-4-11(13)14/h2-6,8H,14-15H2,1H3. The van der Waals surface area contributed by atoms with E-state index in [-0.39, 0.29) is 6.04 Å². The maximum absolute atomic E-state index is 10.3. The van der Waals surface area contributed by atoms with Crippen LogP contribution in [0.2, 0.25) is 0 Å². The van der Waals surface area contributed by atoms with Crippen molar-refractivity contribution in [1.29, 1.82) is 0 Å². The molecule has 0 radical (unpaired) electrons. The first-order chi connectivity index (χ1) is 8.15. The van der Waals surface area contributed by atoms with E-state index in [0.29, 0.717) is 11.4 Å². The molecule has 1 atom stereocenters. The van der Waals surface area contributed by atoms with Gasteiger partial charge < -0.3 is 11.5 Å². The zero-order chi connectivity index (χ0) is 12.4. The van der Waals surface area contributed by atoms with Crippen LogP contribution >= 0.6 is 0 Å². The van der Waals surface area contributed by atoms with E-state index in [4.69, 9.17) is 11.5 Å². The Balaban J connectivity index is 2.79. The van der Waals surface area contributed by atoms with Crippen LogP contribution in [0.25, 0.3) is 10.8 Å². The second kappa shape index (κ2) is 4.28. The Bertz CT molecular complexity index is 607. The molecule has 0 aliphatic rings. The molecule has 2 aromatic carbocycles. The number of carbonyl (C=O) groups excluding carboxylic acids is 1. The van der Waals surface area contributed by atoms with Crippen LogP contribution in [0.1, 0.15) is 18.5 Å². The fourth-order valence-electron chi connectivity index (χ4n) is 2.00. The maximum Gasteiger partial charge on any atom is 0.235 e. The zero-order valence-corrected chi connectivity index (χ0v) is 9.47. The largest absolute Gasteiger partial charge is 0.398 e. The maximum atomic E-state index is 10.3.